The Kier molecular flexibility index (Phi) is 3.16. The van der Waals surface area contributed by atoms with Crippen molar-refractivity contribution in [2.24, 2.45) is 7.05 Å². The molecule has 21 heavy (non-hydrogen) atoms. The third-order valence-electron chi connectivity index (χ3n) is 3.00. The summed E-state index contributed by atoms with van der Waals surface area (Å²) >= 11 is 1.20. The highest BCUT2D eigenvalue weighted by Gasteiger charge is 2.15. The molecule has 0 saturated carbocycles. The fourth-order valence-corrected chi connectivity index (χ4v) is 2.94. The summed E-state index contributed by atoms with van der Waals surface area (Å²) in [6.07, 6.45) is 1.38. The number of carbonyl (C=O) groups is 1. The Balaban J connectivity index is 1.94. The van der Waals surface area contributed by atoms with Crippen LogP contribution in [-0.2, 0) is 7.05 Å². The van der Waals surface area contributed by atoms with Crippen molar-refractivity contribution in [3.8, 4) is 6.07 Å². The van der Waals surface area contributed by atoms with Gasteiger partial charge in [-0.2, -0.15) is 10.4 Å². The second-order valence-corrected chi connectivity index (χ2v) is 5.47. The Bertz CT molecular complexity index is 890. The molecule has 0 radical (unpaired) electrons. The highest BCUT2D eigenvalue weighted by Crippen LogP contribution is 2.27. The molecule has 0 bridgehead atoms. The quantitative estimate of drug-likeness (QED) is 0.791. The number of fused-ring (bicyclic) bond motifs is 1. The molecule has 104 valence electrons. The summed E-state index contributed by atoms with van der Waals surface area (Å²) in [5, 5.41) is 16.3. The van der Waals surface area contributed by atoms with Gasteiger partial charge in [0.25, 0.3) is 5.91 Å². The number of carbonyl (C=O) groups excluding carboxylic acids is 1. The minimum Gasteiger partial charge on any atom is -0.305 e. The Morgan fingerprint density at radius 1 is 1.48 bits per heavy atom. The van der Waals surface area contributed by atoms with Crippen LogP contribution >= 0.6 is 11.3 Å². The minimum atomic E-state index is -0.350. The van der Waals surface area contributed by atoms with E-state index in [2.05, 4.69) is 10.4 Å². The van der Waals surface area contributed by atoms with Gasteiger partial charge in [-0.3, -0.25) is 9.48 Å². The molecule has 2 aromatic heterocycles. The van der Waals surface area contributed by atoms with E-state index in [1.807, 2.05) is 6.07 Å². The SMILES string of the molecule is Cn1ncc(C#N)c1NC(=O)c1cc2ccc(F)cc2s1. The van der Waals surface area contributed by atoms with Crippen LogP contribution in [0.3, 0.4) is 0 Å². The van der Waals surface area contributed by atoms with Gasteiger partial charge in [0.2, 0.25) is 0 Å². The predicted molar refractivity (Wildman–Crippen MR) is 77.7 cm³/mol. The van der Waals surface area contributed by atoms with Crippen LogP contribution in [0.15, 0.2) is 30.5 Å². The maximum absolute atomic E-state index is 13.2. The van der Waals surface area contributed by atoms with Crippen molar-refractivity contribution in [3.05, 3.63) is 46.7 Å². The molecular weight excluding hydrogens is 291 g/mol. The van der Waals surface area contributed by atoms with Crippen LogP contribution < -0.4 is 5.32 Å². The monoisotopic (exact) mass is 300 g/mol. The maximum Gasteiger partial charge on any atom is 0.266 e. The van der Waals surface area contributed by atoms with Gasteiger partial charge in [0.15, 0.2) is 0 Å². The summed E-state index contributed by atoms with van der Waals surface area (Å²) in [6, 6.07) is 8.03. The van der Waals surface area contributed by atoms with E-state index in [1.54, 1.807) is 19.2 Å². The molecular formula is C14H9FN4OS. The summed E-state index contributed by atoms with van der Waals surface area (Å²) in [5.41, 5.74) is 0.290. The van der Waals surface area contributed by atoms with Gasteiger partial charge in [-0.15, -0.1) is 11.3 Å². The number of halogens is 1. The average molecular weight is 300 g/mol. The van der Waals surface area contributed by atoms with Crippen LogP contribution in [0.5, 0.6) is 0 Å². The van der Waals surface area contributed by atoms with Gasteiger partial charge in [-0.25, -0.2) is 4.39 Å². The van der Waals surface area contributed by atoms with E-state index in [0.29, 0.717) is 15.4 Å². The molecule has 0 fully saturated rings. The fraction of sp³-hybridized carbons (Fsp3) is 0.0714. The van der Waals surface area contributed by atoms with E-state index in [1.165, 1.54) is 34.3 Å². The highest BCUT2D eigenvalue weighted by atomic mass is 32.1. The molecule has 1 N–H and O–H groups in total. The van der Waals surface area contributed by atoms with Crippen LogP contribution in [0.4, 0.5) is 10.2 Å². The van der Waals surface area contributed by atoms with E-state index < -0.39 is 0 Å². The molecule has 0 spiro atoms. The lowest BCUT2D eigenvalue weighted by atomic mass is 10.2. The first kappa shape index (κ1) is 13.3. The minimum absolute atomic E-state index is 0.290. The number of thiophene rings is 1. The highest BCUT2D eigenvalue weighted by molar-refractivity contribution is 7.20. The lowest BCUT2D eigenvalue weighted by Gasteiger charge is -2.03. The molecule has 0 atom stereocenters. The van der Waals surface area contributed by atoms with E-state index in [-0.39, 0.29) is 17.3 Å². The smallest absolute Gasteiger partial charge is 0.266 e. The summed E-state index contributed by atoms with van der Waals surface area (Å²) in [5.74, 6) is -0.349. The second kappa shape index (κ2) is 5.00. The van der Waals surface area contributed by atoms with Crippen molar-refractivity contribution in [2.75, 3.05) is 5.32 Å². The summed E-state index contributed by atoms with van der Waals surface area (Å²) in [6.45, 7) is 0. The van der Waals surface area contributed by atoms with Crippen molar-refractivity contribution in [1.82, 2.24) is 9.78 Å². The number of rotatable bonds is 2. The maximum atomic E-state index is 13.2. The zero-order chi connectivity index (χ0) is 15.0. The Morgan fingerprint density at radius 3 is 3.05 bits per heavy atom. The molecule has 7 heteroatoms. The van der Waals surface area contributed by atoms with Crippen LogP contribution in [0.25, 0.3) is 10.1 Å². The first-order chi connectivity index (χ1) is 10.1. The van der Waals surface area contributed by atoms with E-state index in [0.717, 1.165) is 5.39 Å². The first-order valence-electron chi connectivity index (χ1n) is 6.01. The average Bonchev–Trinajstić information content (AvgIpc) is 3.03. The lowest BCUT2D eigenvalue weighted by Crippen LogP contribution is -2.14. The molecule has 0 aliphatic carbocycles. The van der Waals surface area contributed by atoms with Gasteiger partial charge in [0, 0.05) is 11.7 Å². The summed E-state index contributed by atoms with van der Waals surface area (Å²) < 4.78 is 15.3. The topological polar surface area (TPSA) is 70.7 Å². The van der Waals surface area contributed by atoms with Crippen molar-refractivity contribution in [2.45, 2.75) is 0 Å². The molecule has 0 aliphatic heterocycles. The predicted octanol–water partition coefficient (Wildman–Crippen LogP) is 2.90. The number of anilines is 1. The first-order valence-corrected chi connectivity index (χ1v) is 6.82. The second-order valence-electron chi connectivity index (χ2n) is 4.39. The fourth-order valence-electron chi connectivity index (χ4n) is 1.95. The molecule has 0 unspecified atom stereocenters. The number of amides is 1. The van der Waals surface area contributed by atoms with E-state index in [9.17, 15) is 9.18 Å². The van der Waals surface area contributed by atoms with Crippen LogP contribution in [-0.4, -0.2) is 15.7 Å². The molecule has 2 heterocycles. The standard InChI is InChI=1S/C14H9FN4OS/c1-19-13(9(6-16)7-17-19)18-14(20)12-4-8-2-3-10(15)5-11(8)21-12/h2-5,7H,1H3,(H,18,20). The van der Waals surface area contributed by atoms with Gasteiger partial charge in [-0.1, -0.05) is 6.07 Å². The Morgan fingerprint density at radius 2 is 2.29 bits per heavy atom. The number of nitriles is 1. The van der Waals surface area contributed by atoms with Gasteiger partial charge < -0.3 is 5.32 Å². The zero-order valence-corrected chi connectivity index (χ0v) is 11.7. The van der Waals surface area contributed by atoms with Crippen molar-refractivity contribution in [3.63, 3.8) is 0 Å². The van der Waals surface area contributed by atoms with Gasteiger partial charge in [0.1, 0.15) is 23.3 Å². The van der Waals surface area contributed by atoms with Gasteiger partial charge in [0.05, 0.1) is 11.1 Å². The Hall–Kier alpha value is -2.72. The van der Waals surface area contributed by atoms with Crippen LogP contribution in [0, 0.1) is 17.1 Å². The number of hydrogen-bond acceptors (Lipinski definition) is 4. The number of aryl methyl sites for hydroxylation is 1. The number of aromatic nitrogens is 2. The Labute approximate surface area is 123 Å². The summed E-state index contributed by atoms with van der Waals surface area (Å²) in [7, 11) is 1.64. The zero-order valence-electron chi connectivity index (χ0n) is 10.9. The van der Waals surface area contributed by atoms with Gasteiger partial charge in [-0.05, 0) is 23.6 Å². The molecule has 1 aromatic carbocycles. The normalized spacial score (nSPS) is 10.5. The van der Waals surface area contributed by atoms with Crippen molar-refractivity contribution >= 4 is 33.1 Å². The van der Waals surface area contributed by atoms with Crippen LogP contribution in [0.1, 0.15) is 15.2 Å². The molecule has 0 saturated heterocycles. The number of hydrogen-bond donors (Lipinski definition) is 1. The molecule has 5 nitrogen and oxygen atoms in total. The van der Waals surface area contributed by atoms with E-state index in [4.69, 9.17) is 5.26 Å². The van der Waals surface area contributed by atoms with Crippen molar-refractivity contribution in [1.29, 1.82) is 5.26 Å². The molecule has 3 aromatic rings. The molecule has 1 amide bonds. The number of benzene rings is 1. The lowest BCUT2D eigenvalue weighted by molar-refractivity contribution is 0.102. The van der Waals surface area contributed by atoms with Crippen molar-refractivity contribution < 1.29 is 9.18 Å². The number of nitrogens with zero attached hydrogens (tertiary/aromatic N) is 3. The molecule has 0 aliphatic rings. The third-order valence-corrected chi connectivity index (χ3v) is 4.09. The van der Waals surface area contributed by atoms with E-state index >= 15 is 0 Å². The molecule has 3 rings (SSSR count). The van der Waals surface area contributed by atoms with Gasteiger partial charge >= 0.3 is 0 Å². The summed E-state index contributed by atoms with van der Waals surface area (Å²) in [4.78, 5) is 12.7. The van der Waals surface area contributed by atoms with Crippen LogP contribution in [0.2, 0.25) is 0 Å². The number of nitrogens with one attached hydrogen (secondary N) is 1. The third kappa shape index (κ3) is 2.37. The largest absolute Gasteiger partial charge is 0.305 e.